The number of carbonyl (C=O) groups is 3. The highest BCUT2D eigenvalue weighted by atomic mass is 16.5. The summed E-state index contributed by atoms with van der Waals surface area (Å²) in [5, 5.41) is 6.00. The van der Waals surface area contributed by atoms with E-state index < -0.39 is 5.97 Å². The fourth-order valence-corrected chi connectivity index (χ4v) is 3.20. The number of nitrogens with zero attached hydrogens (tertiary/aromatic N) is 1. The average Bonchev–Trinajstić information content (AvgIpc) is 2.81. The zero-order chi connectivity index (χ0) is 21.7. The van der Waals surface area contributed by atoms with E-state index >= 15 is 0 Å². The molecule has 7 heteroatoms. The van der Waals surface area contributed by atoms with Crippen molar-refractivity contribution in [3.05, 3.63) is 65.4 Å². The number of hydrogen-bond acceptors (Lipinski definition) is 5. The number of esters is 1. The Morgan fingerprint density at radius 1 is 1.13 bits per heavy atom. The minimum Gasteiger partial charge on any atom is -0.466 e. The second-order valence-corrected chi connectivity index (χ2v) is 7.08. The van der Waals surface area contributed by atoms with Crippen LogP contribution >= 0.6 is 0 Å². The molecule has 0 saturated heterocycles. The number of amides is 2. The van der Waals surface area contributed by atoms with Gasteiger partial charge >= 0.3 is 5.97 Å². The van der Waals surface area contributed by atoms with Gasteiger partial charge in [0.15, 0.2) is 0 Å². The Morgan fingerprint density at radius 2 is 1.90 bits per heavy atom. The van der Waals surface area contributed by atoms with Crippen molar-refractivity contribution in [3.8, 4) is 0 Å². The van der Waals surface area contributed by atoms with E-state index in [-0.39, 0.29) is 31.4 Å². The number of para-hydroxylation sites is 2. The number of ether oxygens (including phenoxy) is 1. The summed E-state index contributed by atoms with van der Waals surface area (Å²) in [7, 11) is 0. The molecule has 0 atom stereocenters. The molecule has 0 aromatic heterocycles. The third-order valence-electron chi connectivity index (χ3n) is 4.66. The van der Waals surface area contributed by atoms with E-state index in [1.54, 1.807) is 25.1 Å². The smallest absolute Gasteiger partial charge is 0.311 e. The molecule has 30 heavy (non-hydrogen) atoms. The summed E-state index contributed by atoms with van der Waals surface area (Å²) in [4.78, 5) is 38.9. The van der Waals surface area contributed by atoms with Gasteiger partial charge in [-0.05, 0) is 50.1 Å². The Kier molecular flexibility index (Phi) is 6.51. The van der Waals surface area contributed by atoms with Crippen LogP contribution in [-0.4, -0.2) is 30.9 Å². The monoisotopic (exact) mass is 407 g/mol. The van der Waals surface area contributed by atoms with Crippen LogP contribution in [0.1, 0.15) is 24.5 Å². The predicted octanol–water partition coefficient (Wildman–Crippen LogP) is 3.54. The van der Waals surface area contributed by atoms with E-state index in [1.807, 2.05) is 38.1 Å². The molecule has 3 rings (SSSR count). The van der Waals surface area contributed by atoms with E-state index in [9.17, 15) is 14.4 Å². The molecule has 156 valence electrons. The number of nitrogens with one attached hydrogen (secondary N) is 2. The molecule has 2 amide bonds. The van der Waals surface area contributed by atoms with Gasteiger partial charge in [-0.1, -0.05) is 24.3 Å². The van der Waals surface area contributed by atoms with Crippen molar-refractivity contribution in [1.82, 2.24) is 0 Å². The SMILES string of the molecule is CCOC(=O)CC1=CC(=O)N(CC(=O)Nc2cc(C)ccc2C)c2ccccc2N1. The normalized spacial score (nSPS) is 13.0. The molecule has 2 N–H and O–H groups in total. The van der Waals surface area contributed by atoms with E-state index in [2.05, 4.69) is 10.6 Å². The summed E-state index contributed by atoms with van der Waals surface area (Å²) in [6.07, 6.45) is 1.28. The van der Waals surface area contributed by atoms with Crippen molar-refractivity contribution in [2.45, 2.75) is 27.2 Å². The lowest BCUT2D eigenvalue weighted by molar-refractivity contribution is -0.142. The molecule has 1 aliphatic heterocycles. The molecule has 0 aliphatic carbocycles. The van der Waals surface area contributed by atoms with Crippen LogP contribution < -0.4 is 15.5 Å². The lowest BCUT2D eigenvalue weighted by Gasteiger charge is -2.22. The van der Waals surface area contributed by atoms with E-state index in [1.165, 1.54) is 11.0 Å². The number of hydrogen-bond donors (Lipinski definition) is 2. The summed E-state index contributed by atoms with van der Waals surface area (Å²) in [6, 6.07) is 13.0. The fourth-order valence-electron chi connectivity index (χ4n) is 3.20. The molecule has 0 spiro atoms. The Bertz CT molecular complexity index is 1010. The summed E-state index contributed by atoms with van der Waals surface area (Å²) in [5.41, 5.74) is 4.31. The third-order valence-corrected chi connectivity index (χ3v) is 4.66. The first-order valence-corrected chi connectivity index (χ1v) is 9.78. The molecule has 0 unspecified atom stereocenters. The molecule has 0 fully saturated rings. The number of benzene rings is 2. The van der Waals surface area contributed by atoms with Crippen LogP contribution in [0.25, 0.3) is 0 Å². The highest BCUT2D eigenvalue weighted by Gasteiger charge is 2.25. The molecule has 0 bridgehead atoms. The minimum atomic E-state index is -0.428. The Balaban J connectivity index is 1.83. The number of fused-ring (bicyclic) bond motifs is 1. The molecule has 0 radical (unpaired) electrons. The van der Waals surface area contributed by atoms with Crippen LogP contribution in [0.3, 0.4) is 0 Å². The van der Waals surface area contributed by atoms with Gasteiger partial charge in [0.25, 0.3) is 5.91 Å². The zero-order valence-corrected chi connectivity index (χ0v) is 17.3. The second kappa shape index (κ2) is 9.26. The van der Waals surface area contributed by atoms with E-state index in [0.717, 1.165) is 11.1 Å². The van der Waals surface area contributed by atoms with E-state index in [4.69, 9.17) is 4.74 Å². The van der Waals surface area contributed by atoms with Gasteiger partial charge in [-0.3, -0.25) is 19.3 Å². The Hall–Kier alpha value is -3.61. The van der Waals surface area contributed by atoms with Gasteiger partial charge in [-0.25, -0.2) is 0 Å². The van der Waals surface area contributed by atoms with Gasteiger partial charge in [0.2, 0.25) is 5.91 Å². The van der Waals surface area contributed by atoms with Crippen LogP contribution in [0.2, 0.25) is 0 Å². The number of aryl methyl sites for hydroxylation is 2. The third kappa shape index (κ3) is 5.05. The van der Waals surface area contributed by atoms with Crippen molar-refractivity contribution in [2.75, 3.05) is 28.7 Å². The van der Waals surface area contributed by atoms with Crippen molar-refractivity contribution in [1.29, 1.82) is 0 Å². The molecule has 2 aromatic carbocycles. The van der Waals surface area contributed by atoms with Gasteiger partial charge in [0, 0.05) is 17.5 Å². The minimum absolute atomic E-state index is 0.0591. The van der Waals surface area contributed by atoms with Crippen LogP contribution in [0.4, 0.5) is 17.1 Å². The molecule has 7 nitrogen and oxygen atoms in total. The van der Waals surface area contributed by atoms with Crippen LogP contribution in [0, 0.1) is 13.8 Å². The van der Waals surface area contributed by atoms with Crippen molar-refractivity contribution >= 4 is 34.8 Å². The van der Waals surface area contributed by atoms with Crippen LogP contribution in [0.15, 0.2) is 54.2 Å². The van der Waals surface area contributed by atoms with Gasteiger partial charge in [-0.2, -0.15) is 0 Å². The average molecular weight is 407 g/mol. The van der Waals surface area contributed by atoms with Gasteiger partial charge in [0.05, 0.1) is 24.4 Å². The van der Waals surface area contributed by atoms with Gasteiger partial charge in [0.1, 0.15) is 6.54 Å². The maximum atomic E-state index is 12.9. The van der Waals surface area contributed by atoms with Gasteiger partial charge < -0.3 is 15.4 Å². The largest absolute Gasteiger partial charge is 0.466 e. The maximum Gasteiger partial charge on any atom is 0.311 e. The summed E-state index contributed by atoms with van der Waals surface area (Å²) in [6.45, 7) is 5.69. The highest BCUT2D eigenvalue weighted by Crippen LogP contribution is 2.30. The molecular weight excluding hydrogens is 382 g/mol. The van der Waals surface area contributed by atoms with Crippen LogP contribution in [-0.2, 0) is 19.1 Å². The fraction of sp³-hybridized carbons (Fsp3) is 0.261. The molecule has 1 aliphatic rings. The number of anilines is 3. The molecule has 0 saturated carbocycles. The van der Waals surface area contributed by atoms with Crippen molar-refractivity contribution in [3.63, 3.8) is 0 Å². The topological polar surface area (TPSA) is 87.7 Å². The lowest BCUT2D eigenvalue weighted by Crippen LogP contribution is -2.37. The van der Waals surface area contributed by atoms with Crippen LogP contribution in [0.5, 0.6) is 0 Å². The van der Waals surface area contributed by atoms with E-state index in [0.29, 0.717) is 22.8 Å². The molecule has 2 aromatic rings. The first-order valence-electron chi connectivity index (χ1n) is 9.78. The predicted molar refractivity (Wildman–Crippen MR) is 116 cm³/mol. The lowest BCUT2D eigenvalue weighted by atomic mass is 10.1. The summed E-state index contributed by atoms with van der Waals surface area (Å²) >= 11 is 0. The van der Waals surface area contributed by atoms with Crippen molar-refractivity contribution in [2.24, 2.45) is 0 Å². The molecular formula is C23H25N3O4. The summed E-state index contributed by atoms with van der Waals surface area (Å²) in [5.74, 6) is -1.13. The Labute approximate surface area is 175 Å². The standard InChI is InChI=1S/C23H25N3O4/c1-4-30-23(29)13-17-12-22(28)26(20-8-6-5-7-18(20)24-17)14-21(27)25-19-11-15(2)9-10-16(19)3/h5-12,24H,4,13-14H2,1-3H3,(H,25,27). The first-order chi connectivity index (χ1) is 14.4. The van der Waals surface area contributed by atoms with Gasteiger partial charge in [-0.15, -0.1) is 0 Å². The second-order valence-electron chi connectivity index (χ2n) is 7.08. The first kappa shape index (κ1) is 21.1. The quantitative estimate of drug-likeness (QED) is 0.715. The molecule has 1 heterocycles. The zero-order valence-electron chi connectivity index (χ0n) is 17.3. The number of carbonyl (C=O) groups excluding carboxylic acids is 3. The Morgan fingerprint density at radius 3 is 2.67 bits per heavy atom. The summed E-state index contributed by atoms with van der Waals surface area (Å²) < 4.78 is 4.98. The highest BCUT2D eigenvalue weighted by molar-refractivity contribution is 6.10. The number of rotatable bonds is 6. The van der Waals surface area contributed by atoms with Crippen molar-refractivity contribution < 1.29 is 19.1 Å². The maximum absolute atomic E-state index is 12.9.